The Hall–Kier alpha value is -1.92. The summed E-state index contributed by atoms with van der Waals surface area (Å²) in [7, 11) is 0. The van der Waals surface area contributed by atoms with Gasteiger partial charge in [0.2, 0.25) is 5.91 Å². The maximum absolute atomic E-state index is 12.1. The van der Waals surface area contributed by atoms with E-state index in [-0.39, 0.29) is 17.9 Å². The molecular weight excluding hydrogens is 294 g/mol. The van der Waals surface area contributed by atoms with E-state index in [4.69, 9.17) is 0 Å². The highest BCUT2D eigenvalue weighted by Gasteiger charge is 2.28. The van der Waals surface area contributed by atoms with Crippen molar-refractivity contribution >= 4 is 17.5 Å². The summed E-state index contributed by atoms with van der Waals surface area (Å²) in [6.07, 6.45) is -0.0560. The van der Waals surface area contributed by atoms with Crippen molar-refractivity contribution in [2.24, 2.45) is 5.92 Å². The molecule has 0 aliphatic carbocycles. The number of benzene rings is 1. The highest BCUT2D eigenvalue weighted by atomic mass is 16.3. The van der Waals surface area contributed by atoms with Gasteiger partial charge >= 0.3 is 0 Å². The number of nitrogens with one attached hydrogen (secondary N) is 3. The second kappa shape index (κ2) is 7.57. The number of carbonyl (C=O) groups is 2. The molecule has 1 aliphatic heterocycles. The molecule has 6 heteroatoms. The van der Waals surface area contributed by atoms with Crippen LogP contribution in [0.4, 0.5) is 5.69 Å². The molecule has 1 heterocycles. The molecule has 1 aromatic rings. The zero-order chi connectivity index (χ0) is 17.0. The molecule has 6 nitrogen and oxygen atoms in total. The summed E-state index contributed by atoms with van der Waals surface area (Å²) in [5, 5.41) is 18.2. The van der Waals surface area contributed by atoms with E-state index < -0.39 is 6.10 Å². The molecule has 126 valence electrons. The van der Waals surface area contributed by atoms with Crippen LogP contribution in [0.2, 0.25) is 0 Å². The Morgan fingerprint density at radius 1 is 1.39 bits per heavy atom. The third-order valence-electron chi connectivity index (χ3n) is 3.84. The molecular formula is C17H25N3O3. The van der Waals surface area contributed by atoms with Gasteiger partial charge in [-0.1, -0.05) is 13.8 Å². The number of aliphatic hydroxyl groups is 1. The molecule has 1 fully saturated rings. The molecule has 0 saturated carbocycles. The average Bonchev–Trinajstić information content (AvgIpc) is 2.93. The lowest BCUT2D eigenvalue weighted by atomic mass is 10.1. The van der Waals surface area contributed by atoms with E-state index in [1.807, 2.05) is 20.8 Å². The van der Waals surface area contributed by atoms with Gasteiger partial charge in [-0.2, -0.15) is 0 Å². The second-order valence-electron chi connectivity index (χ2n) is 6.47. The number of carbonyl (C=O) groups excluding carboxylic acids is 2. The van der Waals surface area contributed by atoms with E-state index in [0.717, 1.165) is 5.56 Å². The fourth-order valence-electron chi connectivity index (χ4n) is 2.48. The first-order valence-corrected chi connectivity index (χ1v) is 7.98. The van der Waals surface area contributed by atoms with Crippen LogP contribution in [0.1, 0.15) is 36.2 Å². The Bertz CT molecular complexity index is 586. The summed E-state index contributed by atoms with van der Waals surface area (Å²) >= 11 is 0. The first kappa shape index (κ1) is 17.4. The lowest BCUT2D eigenvalue weighted by molar-refractivity contribution is -0.117. The van der Waals surface area contributed by atoms with Gasteiger partial charge in [0.25, 0.3) is 5.91 Å². The highest BCUT2D eigenvalue weighted by Crippen LogP contribution is 2.18. The number of amides is 2. The third-order valence-corrected chi connectivity index (χ3v) is 3.84. The molecule has 1 aliphatic rings. The summed E-state index contributed by atoms with van der Waals surface area (Å²) in [6, 6.07) is 4.83. The molecule has 1 aromatic carbocycles. The maximum atomic E-state index is 12.1. The van der Waals surface area contributed by atoms with Gasteiger partial charge < -0.3 is 21.1 Å². The van der Waals surface area contributed by atoms with Crippen LogP contribution in [0, 0.1) is 12.8 Å². The second-order valence-corrected chi connectivity index (χ2v) is 6.47. The van der Waals surface area contributed by atoms with Crippen molar-refractivity contribution in [3.05, 3.63) is 29.3 Å². The molecule has 23 heavy (non-hydrogen) atoms. The van der Waals surface area contributed by atoms with Crippen LogP contribution in [0.25, 0.3) is 0 Å². The van der Waals surface area contributed by atoms with Crippen LogP contribution >= 0.6 is 0 Å². The van der Waals surface area contributed by atoms with E-state index in [9.17, 15) is 14.7 Å². The fraction of sp³-hybridized carbons (Fsp3) is 0.529. The van der Waals surface area contributed by atoms with E-state index in [2.05, 4.69) is 16.0 Å². The SMILES string of the molecule is Cc1cc(C(=O)NCC(C)C)ccc1NC(=O)C1CC(O)CN1. The van der Waals surface area contributed by atoms with Crippen molar-refractivity contribution in [3.8, 4) is 0 Å². The Morgan fingerprint density at radius 2 is 2.13 bits per heavy atom. The Morgan fingerprint density at radius 3 is 2.70 bits per heavy atom. The first-order chi connectivity index (χ1) is 10.9. The van der Waals surface area contributed by atoms with Crippen molar-refractivity contribution in [2.45, 2.75) is 39.3 Å². The van der Waals surface area contributed by atoms with E-state index in [1.165, 1.54) is 0 Å². The van der Waals surface area contributed by atoms with E-state index in [1.54, 1.807) is 18.2 Å². The van der Waals surface area contributed by atoms with E-state index in [0.29, 0.717) is 36.7 Å². The maximum Gasteiger partial charge on any atom is 0.251 e. The summed E-state index contributed by atoms with van der Waals surface area (Å²) in [5.41, 5.74) is 2.09. The first-order valence-electron chi connectivity index (χ1n) is 7.98. The molecule has 0 radical (unpaired) electrons. The van der Waals surface area contributed by atoms with Crippen LogP contribution in [-0.2, 0) is 4.79 Å². The lowest BCUT2D eigenvalue weighted by Crippen LogP contribution is -2.35. The van der Waals surface area contributed by atoms with Crippen LogP contribution in [0.15, 0.2) is 18.2 Å². The minimum atomic E-state index is -0.473. The summed E-state index contributed by atoms with van der Waals surface area (Å²) in [4.78, 5) is 24.2. The van der Waals surface area contributed by atoms with Crippen molar-refractivity contribution in [3.63, 3.8) is 0 Å². The number of rotatable bonds is 5. The minimum absolute atomic E-state index is 0.111. The van der Waals surface area contributed by atoms with Crippen LogP contribution in [0.5, 0.6) is 0 Å². The fourth-order valence-corrected chi connectivity index (χ4v) is 2.48. The van der Waals surface area contributed by atoms with Gasteiger partial charge in [-0.15, -0.1) is 0 Å². The van der Waals surface area contributed by atoms with Gasteiger partial charge in [-0.05, 0) is 43.0 Å². The molecule has 2 atom stereocenters. The molecule has 2 rings (SSSR count). The van der Waals surface area contributed by atoms with Crippen molar-refractivity contribution in [1.29, 1.82) is 0 Å². The largest absolute Gasteiger partial charge is 0.392 e. The van der Waals surface area contributed by atoms with Gasteiger partial charge in [0.15, 0.2) is 0 Å². The zero-order valence-corrected chi connectivity index (χ0v) is 13.8. The van der Waals surface area contributed by atoms with Crippen molar-refractivity contribution < 1.29 is 14.7 Å². The van der Waals surface area contributed by atoms with Crippen molar-refractivity contribution in [2.75, 3.05) is 18.4 Å². The zero-order valence-electron chi connectivity index (χ0n) is 13.8. The van der Waals surface area contributed by atoms with Gasteiger partial charge in [-0.25, -0.2) is 0 Å². The smallest absolute Gasteiger partial charge is 0.251 e. The van der Waals surface area contributed by atoms with Crippen LogP contribution in [0.3, 0.4) is 0 Å². The molecule has 0 bridgehead atoms. The van der Waals surface area contributed by atoms with E-state index >= 15 is 0 Å². The minimum Gasteiger partial charge on any atom is -0.392 e. The average molecular weight is 319 g/mol. The molecule has 1 saturated heterocycles. The monoisotopic (exact) mass is 319 g/mol. The highest BCUT2D eigenvalue weighted by molar-refractivity contribution is 5.98. The quantitative estimate of drug-likeness (QED) is 0.653. The van der Waals surface area contributed by atoms with Gasteiger partial charge in [0, 0.05) is 24.3 Å². The number of β-amino-alcohol motifs (C(OH)–C–C–N with tert-alkyl or cyclic N) is 1. The third kappa shape index (κ3) is 4.77. The predicted molar refractivity (Wildman–Crippen MR) is 89.4 cm³/mol. The predicted octanol–water partition coefficient (Wildman–Crippen LogP) is 1.04. The Kier molecular flexibility index (Phi) is 5.74. The summed E-state index contributed by atoms with van der Waals surface area (Å²) < 4.78 is 0. The summed E-state index contributed by atoms with van der Waals surface area (Å²) in [6.45, 7) is 7.00. The Balaban J connectivity index is 1.99. The van der Waals surface area contributed by atoms with Gasteiger partial charge in [0.05, 0.1) is 12.1 Å². The number of aryl methyl sites for hydroxylation is 1. The van der Waals surface area contributed by atoms with Gasteiger partial charge in [0.1, 0.15) is 0 Å². The molecule has 2 amide bonds. The van der Waals surface area contributed by atoms with Crippen molar-refractivity contribution in [1.82, 2.24) is 10.6 Å². The number of anilines is 1. The lowest BCUT2D eigenvalue weighted by Gasteiger charge is -2.14. The topological polar surface area (TPSA) is 90.5 Å². The number of hydrogen-bond donors (Lipinski definition) is 4. The van der Waals surface area contributed by atoms with Gasteiger partial charge in [-0.3, -0.25) is 9.59 Å². The molecule has 2 unspecified atom stereocenters. The summed E-state index contributed by atoms with van der Waals surface area (Å²) in [5.74, 6) is 0.120. The van der Waals surface area contributed by atoms with Crippen LogP contribution in [-0.4, -0.2) is 42.2 Å². The molecule has 0 aromatic heterocycles. The molecule has 0 spiro atoms. The number of hydrogen-bond acceptors (Lipinski definition) is 4. The Labute approximate surface area is 136 Å². The van der Waals surface area contributed by atoms with Crippen LogP contribution < -0.4 is 16.0 Å². The number of aliphatic hydroxyl groups excluding tert-OH is 1. The molecule has 4 N–H and O–H groups in total. The normalized spacial score (nSPS) is 20.6. The standard InChI is InChI=1S/C17H25N3O3/c1-10(2)8-19-16(22)12-4-5-14(11(3)6-12)20-17(23)15-7-13(21)9-18-15/h4-6,10,13,15,18,21H,7-9H2,1-3H3,(H,19,22)(H,20,23).